The normalized spacial score (nSPS) is 22.2. The molecule has 9 rings (SSSR count). The molecule has 1 spiro atoms. The molecule has 4 fully saturated rings. The number of anilines is 1. The third kappa shape index (κ3) is 8.29. The highest BCUT2D eigenvalue weighted by Gasteiger charge is 2.50. The number of pyridine rings is 1. The molecule has 1 unspecified atom stereocenters. The lowest BCUT2D eigenvalue weighted by atomic mass is 9.65. The van der Waals surface area contributed by atoms with Crippen molar-refractivity contribution in [3.63, 3.8) is 0 Å². The number of piperazine rings is 1. The summed E-state index contributed by atoms with van der Waals surface area (Å²) in [7, 11) is 8.93. The van der Waals surface area contributed by atoms with Crippen LogP contribution in [0.25, 0.3) is 26.9 Å². The van der Waals surface area contributed by atoms with E-state index in [4.69, 9.17) is 9.47 Å². The highest BCUT2D eigenvalue weighted by Crippen LogP contribution is 2.49. The number of ether oxygens (including phenoxy) is 2. The van der Waals surface area contributed by atoms with Crippen molar-refractivity contribution in [2.75, 3.05) is 79.0 Å². The van der Waals surface area contributed by atoms with Crippen LogP contribution in [0.2, 0.25) is 0 Å². The number of likely N-dealkylation sites (tertiary alicyclic amines) is 1. The molecule has 5 aliphatic rings. The number of thiophene rings is 1. The first kappa shape index (κ1) is 44.2. The highest BCUT2D eigenvalue weighted by atomic mass is 32.1. The van der Waals surface area contributed by atoms with Gasteiger partial charge >= 0.3 is 0 Å². The number of benzene rings is 2. The number of aryl methyl sites for hydroxylation is 1. The summed E-state index contributed by atoms with van der Waals surface area (Å²) in [6.07, 6.45) is 5.20. The van der Waals surface area contributed by atoms with E-state index in [0.29, 0.717) is 71.2 Å². The maximum atomic E-state index is 13.7. The van der Waals surface area contributed by atoms with Crippen LogP contribution in [-0.2, 0) is 28.0 Å². The lowest BCUT2D eigenvalue weighted by Crippen LogP contribution is -2.52. The van der Waals surface area contributed by atoms with Gasteiger partial charge in [-0.1, -0.05) is 12.6 Å². The fraction of sp³-hybridized carbons (Fsp3) is 0.458. The molecule has 4 aromatic rings. The molecule has 4 aliphatic heterocycles. The van der Waals surface area contributed by atoms with Gasteiger partial charge in [0.05, 0.1) is 35.6 Å². The van der Waals surface area contributed by atoms with Crippen molar-refractivity contribution < 1.29 is 33.4 Å². The van der Waals surface area contributed by atoms with Crippen molar-refractivity contribution in [3.05, 3.63) is 81.1 Å². The molecular formula is C48H56N8O8S. The van der Waals surface area contributed by atoms with Gasteiger partial charge in [0.1, 0.15) is 17.5 Å². The monoisotopic (exact) mass is 904 g/mol. The second kappa shape index (κ2) is 17.4. The van der Waals surface area contributed by atoms with E-state index in [1.165, 1.54) is 16.2 Å². The van der Waals surface area contributed by atoms with E-state index >= 15 is 0 Å². The number of methoxy groups -OCH3 is 2. The number of aromatic nitrogens is 1. The lowest BCUT2D eigenvalue weighted by Gasteiger charge is -2.45. The topological polar surface area (TPSA) is 166 Å². The van der Waals surface area contributed by atoms with Gasteiger partial charge in [-0.15, -0.1) is 11.3 Å². The maximum absolute atomic E-state index is 13.7. The van der Waals surface area contributed by atoms with E-state index in [1.54, 1.807) is 38.1 Å². The number of nitrogens with zero attached hydrogens (tertiary/aromatic N) is 6. The smallest absolute Gasteiger partial charge is 0.261 e. The molecule has 2 aromatic heterocycles. The van der Waals surface area contributed by atoms with Crippen LogP contribution in [0.1, 0.15) is 69.7 Å². The van der Waals surface area contributed by atoms with Gasteiger partial charge in [-0.2, -0.15) is 0 Å². The van der Waals surface area contributed by atoms with Crippen molar-refractivity contribution in [1.29, 1.82) is 0 Å². The molecule has 1 aliphatic carbocycles. The van der Waals surface area contributed by atoms with E-state index in [0.717, 1.165) is 72.5 Å². The summed E-state index contributed by atoms with van der Waals surface area (Å²) in [5.41, 5.74) is 4.98. The number of imide groups is 1. The Kier molecular flexibility index (Phi) is 11.8. The molecule has 5 amide bonds. The van der Waals surface area contributed by atoms with Gasteiger partial charge in [-0.25, -0.2) is 0 Å². The Labute approximate surface area is 381 Å². The van der Waals surface area contributed by atoms with Gasteiger partial charge in [-0.05, 0) is 81.1 Å². The van der Waals surface area contributed by atoms with E-state index in [2.05, 4.69) is 27.0 Å². The summed E-state index contributed by atoms with van der Waals surface area (Å²) in [5, 5.41) is 6.04. The van der Waals surface area contributed by atoms with Crippen LogP contribution in [-0.4, -0.2) is 140 Å². The predicted octanol–water partition coefficient (Wildman–Crippen LogP) is 3.90. The highest BCUT2D eigenvalue weighted by molar-refractivity contribution is 7.21. The Morgan fingerprint density at radius 2 is 1.68 bits per heavy atom. The molecule has 0 bridgehead atoms. The molecule has 65 heavy (non-hydrogen) atoms. The van der Waals surface area contributed by atoms with Gasteiger partial charge in [0.25, 0.3) is 17.4 Å². The first-order valence-electron chi connectivity index (χ1n) is 22.3. The van der Waals surface area contributed by atoms with Crippen molar-refractivity contribution in [3.8, 4) is 22.6 Å². The van der Waals surface area contributed by atoms with Crippen molar-refractivity contribution >= 4 is 62.3 Å². The zero-order chi connectivity index (χ0) is 45.9. The summed E-state index contributed by atoms with van der Waals surface area (Å²) in [5.74, 6) is 0.225. The minimum atomic E-state index is -0.756. The molecule has 2 aromatic carbocycles. The average molecular weight is 905 g/mol. The molecule has 0 radical (unpaired) electrons. The summed E-state index contributed by atoms with van der Waals surface area (Å²) in [6.45, 7) is 9.85. The van der Waals surface area contributed by atoms with E-state index < -0.39 is 11.9 Å². The largest absolute Gasteiger partial charge is 0.496 e. The molecule has 16 nitrogen and oxygen atoms in total. The Morgan fingerprint density at radius 1 is 0.954 bits per heavy atom. The second-order valence-corrected chi connectivity index (χ2v) is 19.5. The van der Waals surface area contributed by atoms with Crippen LogP contribution in [0.3, 0.4) is 0 Å². The zero-order valence-corrected chi connectivity index (χ0v) is 38.5. The number of amides is 5. The molecule has 1 saturated carbocycles. The number of piperidine rings is 1. The van der Waals surface area contributed by atoms with Crippen LogP contribution < -0.4 is 30.6 Å². The van der Waals surface area contributed by atoms with Crippen LogP contribution in [0.15, 0.2) is 54.0 Å². The van der Waals surface area contributed by atoms with Gasteiger partial charge in [-0.3, -0.25) is 43.9 Å². The minimum absolute atomic E-state index is 0.00185. The summed E-state index contributed by atoms with van der Waals surface area (Å²) in [4.78, 5) is 88.8. The molecule has 6 heterocycles. The van der Waals surface area contributed by atoms with Crippen molar-refractivity contribution in [2.45, 2.75) is 57.2 Å². The number of hydrogen-bond acceptors (Lipinski definition) is 12. The molecule has 3 saturated heterocycles. The van der Waals surface area contributed by atoms with Crippen LogP contribution in [0, 0.1) is 5.41 Å². The third-order valence-electron chi connectivity index (χ3n) is 13.9. The Morgan fingerprint density at radius 3 is 2.35 bits per heavy atom. The number of fused-ring (bicyclic) bond motifs is 2. The summed E-state index contributed by atoms with van der Waals surface area (Å²) < 4.78 is 13.8. The number of carbonyl (C=O) groups is 5. The molecule has 342 valence electrons. The van der Waals surface area contributed by atoms with E-state index in [-0.39, 0.29) is 53.5 Å². The van der Waals surface area contributed by atoms with E-state index in [1.807, 2.05) is 54.2 Å². The fourth-order valence-electron chi connectivity index (χ4n) is 10.4. The second-order valence-electron chi connectivity index (χ2n) is 18.5. The maximum Gasteiger partial charge on any atom is 0.261 e. The van der Waals surface area contributed by atoms with Crippen LogP contribution >= 0.6 is 11.3 Å². The first-order valence-corrected chi connectivity index (χ1v) is 23.1. The van der Waals surface area contributed by atoms with E-state index in [9.17, 15) is 28.8 Å². The Bertz CT molecular complexity index is 2670. The SMILES string of the molecule is C=C1c2ccc(N3CCN(CCC(=O)N4CCC5(CC(NC(=O)c6cc7c(=O)n(C)cc(-c8cc(OC)c(CN(C)C)c(OC)c8)c7s6)C5)C4)CC3)cc2C(=O)N1C1CCC(=O)NC1=O. The van der Waals surface area contributed by atoms with Crippen LogP contribution in [0.5, 0.6) is 11.5 Å². The molecular weight excluding hydrogens is 849 g/mol. The number of rotatable bonds is 12. The first-order chi connectivity index (χ1) is 31.1. The van der Waals surface area contributed by atoms with Gasteiger partial charge in [0.2, 0.25) is 17.7 Å². The Hall–Kier alpha value is -6.04. The minimum Gasteiger partial charge on any atom is -0.496 e. The Balaban J connectivity index is 0.759. The standard InChI is InChI=1S/C48H56N8O8S/c1-28-32-8-7-31(21-33(32)47(62)56(28)37-9-10-41(57)50-44(37)59)54-17-15-53(16-18-54)13-11-42(58)55-14-12-48(27-55)23-30(24-48)49-45(60)40-22-34-43(65-40)35(26-52(4)46(34)61)29-19-38(63-5)36(25-51(2)3)39(20-29)64-6/h7-8,19-22,26,30,37H,1,9-18,23-25,27H2,2-6H3,(H,49,60)(H,50,57,59). The number of nitrogens with one attached hydrogen (secondary N) is 2. The lowest BCUT2D eigenvalue weighted by molar-refractivity contribution is -0.136. The molecule has 1 atom stereocenters. The number of carbonyl (C=O) groups excluding carboxylic acids is 5. The van der Waals surface area contributed by atoms with Gasteiger partial charge < -0.3 is 34.1 Å². The third-order valence-corrected chi connectivity index (χ3v) is 15.1. The average Bonchev–Trinajstić information content (AvgIpc) is 4.00. The van der Waals surface area contributed by atoms with Gasteiger partial charge in [0, 0.05) is 112 Å². The predicted molar refractivity (Wildman–Crippen MR) is 248 cm³/mol. The summed E-state index contributed by atoms with van der Waals surface area (Å²) in [6, 6.07) is 10.6. The number of hydrogen-bond donors (Lipinski definition) is 2. The van der Waals surface area contributed by atoms with Crippen molar-refractivity contribution in [1.82, 2.24) is 34.8 Å². The van der Waals surface area contributed by atoms with Gasteiger partial charge in [0.15, 0.2) is 0 Å². The molecule has 2 N–H and O–H groups in total. The van der Waals surface area contributed by atoms with Crippen LogP contribution in [0.4, 0.5) is 5.69 Å². The zero-order valence-electron chi connectivity index (χ0n) is 37.7. The van der Waals surface area contributed by atoms with Crippen molar-refractivity contribution in [2.24, 2.45) is 12.5 Å². The molecule has 17 heteroatoms. The fourth-order valence-corrected chi connectivity index (χ4v) is 11.5. The quantitative estimate of drug-likeness (QED) is 0.198. The summed E-state index contributed by atoms with van der Waals surface area (Å²) >= 11 is 1.31.